The van der Waals surface area contributed by atoms with Gasteiger partial charge in [0.2, 0.25) is 0 Å². The summed E-state index contributed by atoms with van der Waals surface area (Å²) in [7, 11) is 0. The van der Waals surface area contributed by atoms with Crippen molar-refractivity contribution in [2.24, 2.45) is 0 Å². The van der Waals surface area contributed by atoms with Crippen LogP contribution in [-0.2, 0) is 32.3 Å². The van der Waals surface area contributed by atoms with Crippen LogP contribution < -0.4 is 15.0 Å². The lowest BCUT2D eigenvalue weighted by molar-refractivity contribution is -0.143. The Hall–Kier alpha value is -5.18. The van der Waals surface area contributed by atoms with E-state index in [-0.39, 0.29) is 18.8 Å². The molecule has 2 aromatic heterocycles. The summed E-state index contributed by atoms with van der Waals surface area (Å²) in [5.74, 6) is 0.658. The molecule has 0 N–H and O–H groups in total. The molecular weight excluding hydrogens is 548 g/mol. The van der Waals surface area contributed by atoms with Crippen molar-refractivity contribution in [1.82, 2.24) is 9.55 Å². The van der Waals surface area contributed by atoms with Gasteiger partial charge in [0.25, 0.3) is 5.56 Å². The maximum absolute atomic E-state index is 13.4. The summed E-state index contributed by atoms with van der Waals surface area (Å²) in [6, 6.07) is 18.6. The second kappa shape index (κ2) is 12.8. The fourth-order valence-corrected chi connectivity index (χ4v) is 5.10. The quantitative estimate of drug-likeness (QED) is 0.182. The summed E-state index contributed by atoms with van der Waals surface area (Å²) in [5.41, 5.74) is 2.55. The van der Waals surface area contributed by atoms with Gasteiger partial charge >= 0.3 is 11.9 Å². The zero-order valence-electron chi connectivity index (χ0n) is 24.5. The second-order valence-electron chi connectivity index (χ2n) is 9.82. The Kier molecular flexibility index (Phi) is 8.71. The van der Waals surface area contributed by atoms with Crippen molar-refractivity contribution in [2.45, 2.75) is 40.9 Å². The largest absolute Gasteiger partial charge is 0.490 e. The monoisotopic (exact) mass is 580 g/mol. The first-order chi connectivity index (χ1) is 20.8. The molecule has 0 spiro atoms. The summed E-state index contributed by atoms with van der Waals surface area (Å²) in [4.78, 5) is 41.7. The molecule has 9 heteroatoms. The number of aromatic nitrogens is 2. The van der Waals surface area contributed by atoms with E-state index in [1.165, 1.54) is 18.4 Å². The van der Waals surface area contributed by atoms with E-state index in [4.69, 9.17) is 18.9 Å². The highest BCUT2D eigenvalue weighted by atomic mass is 16.5. The molecule has 0 atom stereocenters. The minimum Gasteiger partial charge on any atom is -0.490 e. The van der Waals surface area contributed by atoms with Crippen LogP contribution in [0.15, 0.2) is 77.9 Å². The maximum atomic E-state index is 13.4. The Morgan fingerprint density at radius 2 is 1.49 bits per heavy atom. The van der Waals surface area contributed by atoms with Gasteiger partial charge in [-0.3, -0.25) is 19.0 Å². The second-order valence-corrected chi connectivity index (χ2v) is 9.82. The number of carbonyl (C=O) groups is 2. The molecule has 43 heavy (non-hydrogen) atoms. The first-order valence-electron chi connectivity index (χ1n) is 14.0. The molecule has 0 saturated heterocycles. The molecule has 0 saturated carbocycles. The molecular formula is C34H32N2O7. The average molecular weight is 581 g/mol. The smallest absolute Gasteiger partial charge is 0.302 e. The van der Waals surface area contributed by atoms with Crippen LogP contribution in [0.3, 0.4) is 0 Å². The molecule has 9 nitrogen and oxygen atoms in total. The van der Waals surface area contributed by atoms with Gasteiger partial charge in [0.05, 0.1) is 13.2 Å². The van der Waals surface area contributed by atoms with Crippen molar-refractivity contribution in [3.8, 4) is 28.4 Å². The summed E-state index contributed by atoms with van der Waals surface area (Å²) in [6.45, 7) is 7.23. The molecule has 0 aliphatic rings. The van der Waals surface area contributed by atoms with Crippen LogP contribution in [-0.4, -0.2) is 34.7 Å². The lowest BCUT2D eigenvalue weighted by Gasteiger charge is -2.21. The number of fused-ring (bicyclic) bond motifs is 2. The molecule has 0 aliphatic carbocycles. The molecule has 3 aromatic carbocycles. The minimum absolute atomic E-state index is 0.0336. The van der Waals surface area contributed by atoms with E-state index in [0.717, 1.165) is 21.7 Å². The standard InChI is InChI=1S/C34H32N2O7/c1-5-40-30-16-25-15-26(19-42-21(3)37)29(20-43-22(4)38)33(28(25)18-31(30)41-6-2)24-11-13-35-32(17-24)36-14-12-23-9-7-8-10-27(23)34(36)39/h7-18H,5-6,19-20H2,1-4H3. The molecule has 220 valence electrons. The van der Waals surface area contributed by atoms with Gasteiger partial charge in [-0.05, 0) is 89.2 Å². The number of hydrogen-bond donors (Lipinski definition) is 0. The third kappa shape index (κ3) is 6.21. The zero-order valence-corrected chi connectivity index (χ0v) is 24.5. The Balaban J connectivity index is 1.80. The predicted octanol–water partition coefficient (Wildman–Crippen LogP) is 6.13. The Labute approximate surface area is 248 Å². The molecule has 2 heterocycles. The van der Waals surface area contributed by atoms with Crippen molar-refractivity contribution in [2.75, 3.05) is 13.2 Å². The minimum atomic E-state index is -0.454. The number of nitrogens with zero attached hydrogens (tertiary/aromatic N) is 2. The van der Waals surface area contributed by atoms with Crippen LogP contribution in [0.2, 0.25) is 0 Å². The van der Waals surface area contributed by atoms with Gasteiger partial charge in [-0.1, -0.05) is 18.2 Å². The first kappa shape index (κ1) is 29.3. The first-order valence-corrected chi connectivity index (χ1v) is 14.0. The fourth-order valence-electron chi connectivity index (χ4n) is 5.10. The van der Waals surface area contributed by atoms with Gasteiger partial charge in [0.15, 0.2) is 11.5 Å². The molecule has 0 fully saturated rings. The van der Waals surface area contributed by atoms with E-state index in [2.05, 4.69) is 4.98 Å². The number of pyridine rings is 2. The highest BCUT2D eigenvalue weighted by molar-refractivity contribution is 6.01. The SMILES string of the molecule is CCOc1cc2cc(COC(C)=O)c(COC(C)=O)c(-c3ccnc(-n4ccc5ccccc5c4=O)c3)c2cc1OCC. The van der Waals surface area contributed by atoms with Crippen LogP contribution >= 0.6 is 0 Å². The third-order valence-electron chi connectivity index (χ3n) is 6.95. The van der Waals surface area contributed by atoms with Gasteiger partial charge in [0, 0.05) is 37.2 Å². The molecule has 5 aromatic rings. The topological polar surface area (TPSA) is 106 Å². The van der Waals surface area contributed by atoms with Crippen LogP contribution in [0.4, 0.5) is 0 Å². The van der Waals surface area contributed by atoms with Crippen molar-refractivity contribution in [1.29, 1.82) is 0 Å². The lowest BCUT2D eigenvalue weighted by atomic mass is 9.90. The molecule has 0 amide bonds. The van der Waals surface area contributed by atoms with Gasteiger partial charge in [0.1, 0.15) is 19.0 Å². The number of benzene rings is 3. The van der Waals surface area contributed by atoms with Gasteiger partial charge < -0.3 is 18.9 Å². The van der Waals surface area contributed by atoms with Crippen molar-refractivity contribution in [3.63, 3.8) is 0 Å². The van der Waals surface area contributed by atoms with E-state index in [9.17, 15) is 14.4 Å². The molecule has 0 aliphatic heterocycles. The summed E-state index contributed by atoms with van der Waals surface area (Å²) in [6.07, 6.45) is 3.33. The van der Waals surface area contributed by atoms with Gasteiger partial charge in [-0.25, -0.2) is 4.98 Å². The van der Waals surface area contributed by atoms with Crippen LogP contribution in [0.25, 0.3) is 38.5 Å². The number of ether oxygens (including phenoxy) is 4. The van der Waals surface area contributed by atoms with Crippen LogP contribution in [0.5, 0.6) is 11.5 Å². The third-order valence-corrected chi connectivity index (χ3v) is 6.95. The van der Waals surface area contributed by atoms with Crippen molar-refractivity contribution < 1.29 is 28.5 Å². The van der Waals surface area contributed by atoms with Crippen LogP contribution in [0.1, 0.15) is 38.8 Å². The van der Waals surface area contributed by atoms with Crippen LogP contribution in [0, 0.1) is 0 Å². The molecule has 0 unspecified atom stereocenters. The van der Waals surface area contributed by atoms with E-state index in [0.29, 0.717) is 52.6 Å². The van der Waals surface area contributed by atoms with E-state index < -0.39 is 11.9 Å². The molecule has 0 radical (unpaired) electrons. The molecule has 0 bridgehead atoms. The fraction of sp³-hybridized carbons (Fsp3) is 0.235. The lowest BCUT2D eigenvalue weighted by Crippen LogP contribution is -2.18. The Morgan fingerprint density at radius 1 is 0.791 bits per heavy atom. The van der Waals surface area contributed by atoms with Gasteiger partial charge in [-0.2, -0.15) is 0 Å². The number of carbonyl (C=O) groups excluding carboxylic acids is 2. The van der Waals surface area contributed by atoms with Gasteiger partial charge in [-0.15, -0.1) is 0 Å². The van der Waals surface area contributed by atoms with E-state index in [1.807, 2.05) is 68.4 Å². The van der Waals surface area contributed by atoms with E-state index in [1.54, 1.807) is 18.5 Å². The summed E-state index contributed by atoms with van der Waals surface area (Å²) < 4.78 is 24.3. The van der Waals surface area contributed by atoms with Crippen molar-refractivity contribution >= 4 is 33.5 Å². The Morgan fingerprint density at radius 3 is 2.21 bits per heavy atom. The number of esters is 2. The average Bonchev–Trinajstić information content (AvgIpc) is 2.99. The Bertz CT molecular complexity index is 1890. The predicted molar refractivity (Wildman–Crippen MR) is 164 cm³/mol. The number of hydrogen-bond acceptors (Lipinski definition) is 8. The summed E-state index contributed by atoms with van der Waals surface area (Å²) >= 11 is 0. The van der Waals surface area contributed by atoms with Crippen molar-refractivity contribution in [3.05, 3.63) is 94.5 Å². The number of rotatable bonds is 10. The van der Waals surface area contributed by atoms with E-state index >= 15 is 0 Å². The molecule has 5 rings (SSSR count). The highest BCUT2D eigenvalue weighted by Gasteiger charge is 2.21. The normalized spacial score (nSPS) is 11.0. The zero-order chi connectivity index (χ0) is 30.5. The highest BCUT2D eigenvalue weighted by Crippen LogP contribution is 2.41. The summed E-state index contributed by atoms with van der Waals surface area (Å²) in [5, 5.41) is 3.01. The maximum Gasteiger partial charge on any atom is 0.302 e.